The molecule has 7 heteroatoms. The molecule has 1 aliphatic heterocycles. The Morgan fingerprint density at radius 2 is 1.71 bits per heavy atom. The molecule has 0 spiro atoms. The summed E-state index contributed by atoms with van der Waals surface area (Å²) < 4.78 is 55.9. The van der Waals surface area contributed by atoms with Crippen LogP contribution in [0.15, 0.2) is 48.5 Å². The van der Waals surface area contributed by atoms with E-state index in [-0.39, 0.29) is 6.10 Å². The smallest absolute Gasteiger partial charge is 0.416 e. The van der Waals surface area contributed by atoms with Gasteiger partial charge in [0.1, 0.15) is 17.6 Å². The molecular formula is C21H24F3NO3. The third kappa shape index (κ3) is 5.17. The van der Waals surface area contributed by atoms with Crippen molar-refractivity contribution < 1.29 is 27.4 Å². The Morgan fingerprint density at radius 3 is 2.29 bits per heavy atom. The number of nitrogens with zero attached hydrogens (tertiary/aromatic N) is 1. The van der Waals surface area contributed by atoms with Gasteiger partial charge in [0, 0.05) is 13.1 Å². The van der Waals surface area contributed by atoms with Crippen molar-refractivity contribution in [3.63, 3.8) is 0 Å². The van der Waals surface area contributed by atoms with E-state index in [2.05, 4.69) is 4.90 Å². The first-order chi connectivity index (χ1) is 13.4. The molecule has 0 radical (unpaired) electrons. The zero-order valence-electron chi connectivity index (χ0n) is 15.9. The summed E-state index contributed by atoms with van der Waals surface area (Å²) in [5, 5.41) is 0. The molecule has 2 unspecified atom stereocenters. The zero-order chi connectivity index (χ0) is 20.1. The Labute approximate surface area is 162 Å². The van der Waals surface area contributed by atoms with Crippen LogP contribution in [-0.4, -0.2) is 44.4 Å². The molecule has 28 heavy (non-hydrogen) atoms. The molecule has 0 aliphatic carbocycles. The number of alkyl halides is 3. The van der Waals surface area contributed by atoms with Crippen molar-refractivity contribution in [2.24, 2.45) is 0 Å². The van der Waals surface area contributed by atoms with Crippen LogP contribution in [-0.2, 0) is 10.9 Å². The van der Waals surface area contributed by atoms with Gasteiger partial charge in [-0.1, -0.05) is 12.1 Å². The lowest BCUT2D eigenvalue weighted by atomic mass is 10.0. The van der Waals surface area contributed by atoms with Gasteiger partial charge in [-0.15, -0.1) is 0 Å². The zero-order valence-corrected chi connectivity index (χ0v) is 15.9. The summed E-state index contributed by atoms with van der Waals surface area (Å²) in [6.45, 7) is 4.55. The summed E-state index contributed by atoms with van der Waals surface area (Å²) in [4.78, 5) is 2.14. The van der Waals surface area contributed by atoms with E-state index in [0.717, 1.165) is 30.0 Å². The minimum atomic E-state index is -4.37. The highest BCUT2D eigenvalue weighted by molar-refractivity contribution is 5.32. The summed E-state index contributed by atoms with van der Waals surface area (Å²) in [6, 6.07) is 12.3. The number of hydrogen-bond donors (Lipinski definition) is 0. The van der Waals surface area contributed by atoms with Crippen molar-refractivity contribution in [3.8, 4) is 11.5 Å². The standard InChI is InChI=1S/C21H24F3NO3/c1-3-26-17-8-4-15(5-9-17)20(19-14-25(2)12-13-27-19)28-18-10-6-16(7-11-18)21(22,23)24/h4-11,19-20H,3,12-14H2,1-2H3. The molecule has 1 saturated heterocycles. The van der Waals surface area contributed by atoms with E-state index in [0.29, 0.717) is 25.5 Å². The fourth-order valence-corrected chi connectivity index (χ4v) is 3.14. The fraction of sp³-hybridized carbons (Fsp3) is 0.429. The molecule has 4 nitrogen and oxygen atoms in total. The van der Waals surface area contributed by atoms with Crippen LogP contribution in [0.3, 0.4) is 0 Å². The van der Waals surface area contributed by atoms with Gasteiger partial charge in [-0.2, -0.15) is 13.2 Å². The molecule has 0 aromatic heterocycles. The summed E-state index contributed by atoms with van der Waals surface area (Å²) in [6.07, 6.45) is -5.06. The maximum Gasteiger partial charge on any atom is 0.416 e. The van der Waals surface area contributed by atoms with Crippen LogP contribution in [0.25, 0.3) is 0 Å². The molecule has 2 aromatic carbocycles. The number of benzene rings is 2. The molecular weight excluding hydrogens is 371 g/mol. The Morgan fingerprint density at radius 1 is 1.07 bits per heavy atom. The van der Waals surface area contributed by atoms with Crippen LogP contribution in [0, 0.1) is 0 Å². The molecule has 2 atom stereocenters. The van der Waals surface area contributed by atoms with E-state index >= 15 is 0 Å². The molecule has 0 saturated carbocycles. The van der Waals surface area contributed by atoms with Gasteiger partial charge in [-0.3, -0.25) is 0 Å². The number of likely N-dealkylation sites (N-methyl/N-ethyl adjacent to an activating group) is 1. The van der Waals surface area contributed by atoms with Crippen molar-refractivity contribution in [1.82, 2.24) is 4.90 Å². The van der Waals surface area contributed by atoms with Gasteiger partial charge >= 0.3 is 6.18 Å². The number of hydrogen-bond acceptors (Lipinski definition) is 4. The van der Waals surface area contributed by atoms with E-state index < -0.39 is 17.8 Å². The molecule has 1 fully saturated rings. The third-order valence-corrected chi connectivity index (χ3v) is 4.60. The largest absolute Gasteiger partial charge is 0.494 e. The fourth-order valence-electron chi connectivity index (χ4n) is 3.14. The highest BCUT2D eigenvalue weighted by atomic mass is 19.4. The van der Waals surface area contributed by atoms with E-state index in [1.807, 2.05) is 38.2 Å². The lowest BCUT2D eigenvalue weighted by Gasteiger charge is -2.35. The Bertz CT molecular complexity index is 747. The van der Waals surface area contributed by atoms with Crippen LogP contribution < -0.4 is 9.47 Å². The molecule has 152 valence electrons. The number of morpholine rings is 1. The molecule has 2 aromatic rings. The number of rotatable bonds is 6. The second-order valence-corrected chi connectivity index (χ2v) is 6.73. The van der Waals surface area contributed by atoms with Crippen LogP contribution in [0.1, 0.15) is 24.2 Å². The molecule has 1 heterocycles. The number of halogens is 3. The van der Waals surface area contributed by atoms with Crippen LogP contribution in [0.2, 0.25) is 0 Å². The van der Waals surface area contributed by atoms with Crippen LogP contribution in [0.5, 0.6) is 11.5 Å². The van der Waals surface area contributed by atoms with Gasteiger partial charge in [-0.25, -0.2) is 0 Å². The Kier molecular flexibility index (Phi) is 6.46. The van der Waals surface area contributed by atoms with Crippen LogP contribution >= 0.6 is 0 Å². The minimum absolute atomic E-state index is 0.237. The van der Waals surface area contributed by atoms with Gasteiger partial charge in [0.25, 0.3) is 0 Å². The van der Waals surface area contributed by atoms with Gasteiger partial charge in [0.2, 0.25) is 0 Å². The first-order valence-electron chi connectivity index (χ1n) is 9.23. The normalized spacial score (nSPS) is 19.2. The predicted octanol–water partition coefficient (Wildman–Crippen LogP) is 4.55. The average molecular weight is 395 g/mol. The lowest BCUT2D eigenvalue weighted by molar-refractivity contribution is -0.137. The molecule has 0 N–H and O–H groups in total. The summed E-state index contributed by atoms with van der Waals surface area (Å²) in [5.41, 5.74) is 0.176. The summed E-state index contributed by atoms with van der Waals surface area (Å²) in [5.74, 6) is 1.12. The van der Waals surface area contributed by atoms with Crippen molar-refractivity contribution >= 4 is 0 Å². The minimum Gasteiger partial charge on any atom is -0.494 e. The maximum atomic E-state index is 12.8. The first kappa shape index (κ1) is 20.5. The van der Waals surface area contributed by atoms with E-state index in [1.54, 1.807) is 0 Å². The van der Waals surface area contributed by atoms with Crippen LogP contribution in [0.4, 0.5) is 13.2 Å². The topological polar surface area (TPSA) is 30.9 Å². The van der Waals surface area contributed by atoms with Crippen molar-refractivity contribution in [1.29, 1.82) is 0 Å². The molecule has 1 aliphatic rings. The Hall–Kier alpha value is -2.25. The summed E-state index contributed by atoms with van der Waals surface area (Å²) in [7, 11) is 2.00. The maximum absolute atomic E-state index is 12.8. The summed E-state index contributed by atoms with van der Waals surface area (Å²) >= 11 is 0. The highest BCUT2D eigenvalue weighted by Gasteiger charge is 2.32. The van der Waals surface area contributed by atoms with Crippen molar-refractivity contribution in [3.05, 3.63) is 59.7 Å². The molecule has 0 bridgehead atoms. The lowest BCUT2D eigenvalue weighted by Crippen LogP contribution is -2.44. The first-order valence-corrected chi connectivity index (χ1v) is 9.23. The van der Waals surface area contributed by atoms with E-state index in [4.69, 9.17) is 14.2 Å². The van der Waals surface area contributed by atoms with Crippen molar-refractivity contribution in [2.45, 2.75) is 25.3 Å². The molecule has 0 amide bonds. The highest BCUT2D eigenvalue weighted by Crippen LogP contribution is 2.33. The van der Waals surface area contributed by atoms with Gasteiger partial charge in [0.15, 0.2) is 6.10 Å². The quantitative estimate of drug-likeness (QED) is 0.718. The third-order valence-electron chi connectivity index (χ3n) is 4.60. The van der Waals surface area contributed by atoms with Crippen molar-refractivity contribution in [2.75, 3.05) is 33.4 Å². The van der Waals surface area contributed by atoms with E-state index in [1.165, 1.54) is 12.1 Å². The van der Waals surface area contributed by atoms with Gasteiger partial charge < -0.3 is 19.1 Å². The SMILES string of the molecule is CCOc1ccc(C(Oc2ccc(C(F)(F)F)cc2)C2CN(C)CCO2)cc1. The number of ether oxygens (including phenoxy) is 3. The van der Waals surface area contributed by atoms with Gasteiger partial charge in [-0.05, 0) is 55.9 Å². The van der Waals surface area contributed by atoms with Gasteiger partial charge in [0.05, 0.1) is 18.8 Å². The Balaban J connectivity index is 1.83. The monoisotopic (exact) mass is 395 g/mol. The predicted molar refractivity (Wildman–Crippen MR) is 99.7 cm³/mol. The second-order valence-electron chi connectivity index (χ2n) is 6.73. The molecule has 3 rings (SSSR count). The van der Waals surface area contributed by atoms with E-state index in [9.17, 15) is 13.2 Å². The average Bonchev–Trinajstić information content (AvgIpc) is 2.67. The second kappa shape index (κ2) is 8.84.